The zero-order valence-electron chi connectivity index (χ0n) is 12.9. The van der Waals surface area contributed by atoms with Crippen LogP contribution < -0.4 is 10.0 Å². The van der Waals surface area contributed by atoms with Gasteiger partial charge in [0.05, 0.1) is 0 Å². The molecule has 1 fully saturated rings. The molecule has 1 saturated heterocycles. The van der Waals surface area contributed by atoms with Crippen LogP contribution in [0.5, 0.6) is 0 Å². The highest BCUT2D eigenvalue weighted by molar-refractivity contribution is 7.87. The molecule has 2 N–H and O–H groups in total. The van der Waals surface area contributed by atoms with Gasteiger partial charge in [-0.2, -0.15) is 17.4 Å². The molecule has 0 spiro atoms. The molecule has 1 heterocycles. The Kier molecular flexibility index (Phi) is 7.98. The van der Waals surface area contributed by atoms with Gasteiger partial charge in [-0.3, -0.25) is 0 Å². The molecule has 0 bridgehead atoms. The van der Waals surface area contributed by atoms with Gasteiger partial charge in [0.25, 0.3) is 10.2 Å². The van der Waals surface area contributed by atoms with Crippen molar-refractivity contribution in [1.82, 2.24) is 14.3 Å². The van der Waals surface area contributed by atoms with E-state index in [9.17, 15) is 8.42 Å². The summed E-state index contributed by atoms with van der Waals surface area (Å²) >= 11 is 0. The average molecular weight is 307 g/mol. The number of hydrogen-bond acceptors (Lipinski definition) is 4. The van der Waals surface area contributed by atoms with E-state index >= 15 is 0 Å². The van der Waals surface area contributed by atoms with Crippen molar-refractivity contribution in [2.24, 2.45) is 5.92 Å². The Morgan fingerprint density at radius 3 is 2.55 bits per heavy atom. The molecular weight excluding hydrogens is 278 g/mol. The fraction of sp³-hybridized carbons (Fsp3) is 1.00. The number of nitrogens with one attached hydrogen (secondary N) is 2. The van der Waals surface area contributed by atoms with Crippen LogP contribution in [0.1, 0.15) is 33.1 Å². The summed E-state index contributed by atoms with van der Waals surface area (Å²) in [6.45, 7) is 7.71. The van der Waals surface area contributed by atoms with Crippen molar-refractivity contribution in [2.45, 2.75) is 39.2 Å². The van der Waals surface area contributed by atoms with E-state index < -0.39 is 10.2 Å². The van der Waals surface area contributed by atoms with Crippen molar-refractivity contribution in [1.29, 1.82) is 0 Å². The molecule has 0 aliphatic carbocycles. The van der Waals surface area contributed by atoms with Crippen molar-refractivity contribution in [3.63, 3.8) is 0 Å². The molecule has 20 heavy (non-hydrogen) atoms. The lowest BCUT2D eigenvalue weighted by molar-refractivity contribution is 0.187. The second-order valence-electron chi connectivity index (χ2n) is 5.46. The summed E-state index contributed by atoms with van der Waals surface area (Å²) < 4.78 is 33.7. The second-order valence-corrected chi connectivity index (χ2v) is 7.16. The van der Waals surface area contributed by atoms with Gasteiger partial charge in [0.2, 0.25) is 0 Å². The number of nitrogens with zero attached hydrogens (tertiary/aromatic N) is 1. The van der Waals surface area contributed by atoms with Crippen LogP contribution >= 0.6 is 0 Å². The van der Waals surface area contributed by atoms with Gasteiger partial charge in [0.15, 0.2) is 0 Å². The number of ether oxygens (including phenoxy) is 1. The number of hydrogen-bond donors (Lipinski definition) is 2. The quantitative estimate of drug-likeness (QED) is 0.653. The van der Waals surface area contributed by atoms with E-state index in [1.165, 1.54) is 0 Å². The van der Waals surface area contributed by atoms with E-state index in [0.29, 0.717) is 32.0 Å². The summed E-state index contributed by atoms with van der Waals surface area (Å²) in [4.78, 5) is 0. The maximum absolute atomic E-state index is 12.2. The van der Waals surface area contributed by atoms with Gasteiger partial charge in [0.1, 0.15) is 0 Å². The van der Waals surface area contributed by atoms with Gasteiger partial charge in [0, 0.05) is 32.8 Å². The van der Waals surface area contributed by atoms with Crippen LogP contribution in [0.3, 0.4) is 0 Å². The molecule has 0 aromatic rings. The van der Waals surface area contributed by atoms with Gasteiger partial charge in [-0.15, -0.1) is 0 Å². The SMILES string of the molecule is CCNCC1CCN(S(=O)(=O)NC(C)CCOC)CC1. The van der Waals surface area contributed by atoms with Gasteiger partial charge < -0.3 is 10.1 Å². The van der Waals surface area contributed by atoms with Crippen LogP contribution in [0.4, 0.5) is 0 Å². The Morgan fingerprint density at radius 2 is 2.00 bits per heavy atom. The standard InChI is InChI=1S/C13H29N3O3S/c1-4-14-11-13-5-8-16(9-6-13)20(17,18)15-12(2)7-10-19-3/h12-15H,4-11H2,1-3H3. The molecule has 0 radical (unpaired) electrons. The summed E-state index contributed by atoms with van der Waals surface area (Å²) in [5.41, 5.74) is 0. The summed E-state index contributed by atoms with van der Waals surface area (Å²) in [5, 5.41) is 3.33. The Morgan fingerprint density at radius 1 is 1.35 bits per heavy atom. The molecular formula is C13H29N3O3S. The lowest BCUT2D eigenvalue weighted by Gasteiger charge is -2.32. The predicted octanol–water partition coefficient (Wildman–Crippen LogP) is 0.567. The first kappa shape index (κ1) is 17.8. The number of rotatable bonds is 9. The molecule has 0 aromatic heterocycles. The van der Waals surface area contributed by atoms with Gasteiger partial charge in [-0.05, 0) is 45.2 Å². The summed E-state index contributed by atoms with van der Waals surface area (Å²) in [6.07, 6.45) is 2.55. The van der Waals surface area contributed by atoms with Crippen LogP contribution in [-0.4, -0.2) is 58.7 Å². The van der Waals surface area contributed by atoms with E-state index in [-0.39, 0.29) is 6.04 Å². The second kappa shape index (κ2) is 8.94. The summed E-state index contributed by atoms with van der Waals surface area (Å²) in [7, 11) is -1.73. The fourth-order valence-corrected chi connectivity index (χ4v) is 3.85. The smallest absolute Gasteiger partial charge is 0.279 e. The largest absolute Gasteiger partial charge is 0.385 e. The molecule has 0 amide bonds. The van der Waals surface area contributed by atoms with Crippen LogP contribution in [0.2, 0.25) is 0 Å². The van der Waals surface area contributed by atoms with E-state index in [1.54, 1.807) is 11.4 Å². The molecule has 1 unspecified atom stereocenters. The molecule has 0 aromatic carbocycles. The zero-order chi connectivity index (χ0) is 15.0. The molecule has 1 aliphatic heterocycles. The summed E-state index contributed by atoms with van der Waals surface area (Å²) in [6, 6.07) is -0.0977. The van der Waals surface area contributed by atoms with Gasteiger partial charge in [-0.25, -0.2) is 0 Å². The Hall–Kier alpha value is -0.210. The molecule has 1 atom stereocenters. The van der Waals surface area contributed by atoms with Crippen LogP contribution in [0, 0.1) is 5.92 Å². The minimum Gasteiger partial charge on any atom is -0.385 e. The maximum atomic E-state index is 12.2. The highest BCUT2D eigenvalue weighted by Gasteiger charge is 2.28. The lowest BCUT2D eigenvalue weighted by Crippen LogP contribution is -2.48. The normalized spacial score (nSPS) is 20.1. The minimum absolute atomic E-state index is 0.0977. The van der Waals surface area contributed by atoms with Gasteiger partial charge >= 0.3 is 0 Å². The predicted molar refractivity (Wildman–Crippen MR) is 80.9 cm³/mol. The number of piperidine rings is 1. The lowest BCUT2D eigenvalue weighted by atomic mass is 9.98. The van der Waals surface area contributed by atoms with Crippen LogP contribution in [0.15, 0.2) is 0 Å². The highest BCUT2D eigenvalue weighted by atomic mass is 32.2. The van der Waals surface area contributed by atoms with Crippen molar-refractivity contribution >= 4 is 10.2 Å². The molecule has 0 saturated carbocycles. The van der Waals surface area contributed by atoms with Crippen LogP contribution in [0.25, 0.3) is 0 Å². The topological polar surface area (TPSA) is 70.7 Å². The first-order chi connectivity index (χ1) is 9.49. The van der Waals surface area contributed by atoms with E-state index in [0.717, 1.165) is 25.9 Å². The van der Waals surface area contributed by atoms with E-state index in [1.807, 2.05) is 6.92 Å². The molecule has 120 valence electrons. The van der Waals surface area contributed by atoms with Crippen LogP contribution in [-0.2, 0) is 14.9 Å². The molecule has 7 heteroatoms. The minimum atomic E-state index is -3.35. The third-order valence-corrected chi connectivity index (χ3v) is 5.45. The van der Waals surface area contributed by atoms with Crippen molar-refractivity contribution in [3.8, 4) is 0 Å². The first-order valence-corrected chi connectivity index (χ1v) is 8.90. The first-order valence-electron chi connectivity index (χ1n) is 7.46. The third-order valence-electron chi connectivity index (χ3n) is 3.70. The fourth-order valence-electron chi connectivity index (χ4n) is 2.38. The van der Waals surface area contributed by atoms with Crippen molar-refractivity contribution < 1.29 is 13.2 Å². The van der Waals surface area contributed by atoms with Crippen molar-refractivity contribution in [2.75, 3.05) is 39.9 Å². The summed E-state index contributed by atoms with van der Waals surface area (Å²) in [5.74, 6) is 0.590. The highest BCUT2D eigenvalue weighted by Crippen LogP contribution is 2.18. The average Bonchev–Trinajstić information content (AvgIpc) is 2.43. The third kappa shape index (κ3) is 6.05. The van der Waals surface area contributed by atoms with Gasteiger partial charge in [-0.1, -0.05) is 6.92 Å². The van der Waals surface area contributed by atoms with Crippen molar-refractivity contribution in [3.05, 3.63) is 0 Å². The van der Waals surface area contributed by atoms with E-state index in [4.69, 9.17) is 4.74 Å². The molecule has 1 rings (SSSR count). The maximum Gasteiger partial charge on any atom is 0.279 e. The zero-order valence-corrected chi connectivity index (χ0v) is 13.7. The monoisotopic (exact) mass is 307 g/mol. The number of methoxy groups -OCH3 is 1. The molecule has 1 aliphatic rings. The van der Waals surface area contributed by atoms with E-state index in [2.05, 4.69) is 17.0 Å². The Labute approximate surface area is 123 Å². The molecule has 6 nitrogen and oxygen atoms in total. The Balaban J connectivity index is 2.38. The Bertz CT molecular complexity index is 354.